The molecule has 0 aliphatic carbocycles. The highest BCUT2D eigenvalue weighted by Gasteiger charge is 2.14. The van der Waals surface area contributed by atoms with E-state index in [9.17, 15) is 4.79 Å². The summed E-state index contributed by atoms with van der Waals surface area (Å²) in [5, 5.41) is 4.63. The van der Waals surface area contributed by atoms with Crippen molar-refractivity contribution in [3.63, 3.8) is 0 Å². The van der Waals surface area contributed by atoms with Gasteiger partial charge in [-0.3, -0.25) is 4.79 Å². The Balaban J connectivity index is 1.46. The lowest BCUT2D eigenvalue weighted by Gasteiger charge is -2.09. The molecule has 0 spiro atoms. The van der Waals surface area contributed by atoms with Crippen LogP contribution in [0.5, 0.6) is 0 Å². The average molecular weight is 381 g/mol. The molecule has 6 heteroatoms. The molecule has 0 atom stereocenters. The number of nitrogens with zero attached hydrogens (tertiary/aromatic N) is 2. The molecule has 0 unspecified atom stereocenters. The summed E-state index contributed by atoms with van der Waals surface area (Å²) in [6, 6.07) is 13.9. The number of rotatable bonds is 5. The van der Waals surface area contributed by atoms with E-state index >= 15 is 0 Å². The van der Waals surface area contributed by atoms with Crippen LogP contribution in [0.1, 0.15) is 35.8 Å². The maximum Gasteiger partial charge on any atom is 0.251 e. The zero-order valence-corrected chi connectivity index (χ0v) is 16.0. The Labute approximate surface area is 162 Å². The van der Waals surface area contributed by atoms with Gasteiger partial charge in [0.2, 0.25) is 5.28 Å². The number of nitrogens with one attached hydrogen (secondary N) is 2. The third kappa shape index (κ3) is 3.30. The Morgan fingerprint density at radius 2 is 2.07 bits per heavy atom. The molecular weight excluding hydrogens is 360 g/mol. The molecule has 27 heavy (non-hydrogen) atoms. The van der Waals surface area contributed by atoms with Gasteiger partial charge in [0.15, 0.2) is 0 Å². The lowest BCUT2D eigenvalue weighted by Crippen LogP contribution is -2.25. The van der Waals surface area contributed by atoms with Gasteiger partial charge in [-0.15, -0.1) is 0 Å². The summed E-state index contributed by atoms with van der Waals surface area (Å²) in [6.45, 7) is 4.68. The largest absolute Gasteiger partial charge is 0.361 e. The van der Waals surface area contributed by atoms with Crippen LogP contribution in [0.4, 0.5) is 0 Å². The number of hydrogen-bond acceptors (Lipinski definition) is 2. The van der Waals surface area contributed by atoms with Crippen LogP contribution in [-0.2, 0) is 6.42 Å². The van der Waals surface area contributed by atoms with Crippen LogP contribution < -0.4 is 5.32 Å². The van der Waals surface area contributed by atoms with Crippen LogP contribution in [-0.4, -0.2) is 27.0 Å². The van der Waals surface area contributed by atoms with Crippen molar-refractivity contribution >= 4 is 39.4 Å². The van der Waals surface area contributed by atoms with Gasteiger partial charge in [0, 0.05) is 35.2 Å². The van der Waals surface area contributed by atoms with Gasteiger partial charge in [0.1, 0.15) is 0 Å². The summed E-state index contributed by atoms with van der Waals surface area (Å²) >= 11 is 6.23. The summed E-state index contributed by atoms with van der Waals surface area (Å²) in [4.78, 5) is 20.2. The number of aromatic nitrogens is 3. The first-order chi connectivity index (χ1) is 13.0. The molecule has 2 heterocycles. The van der Waals surface area contributed by atoms with E-state index in [0.29, 0.717) is 17.4 Å². The molecule has 4 aromatic rings. The molecule has 0 aliphatic heterocycles. The lowest BCUT2D eigenvalue weighted by atomic mass is 10.1. The van der Waals surface area contributed by atoms with E-state index in [2.05, 4.69) is 35.2 Å². The molecule has 2 aromatic heterocycles. The van der Waals surface area contributed by atoms with Crippen molar-refractivity contribution < 1.29 is 4.79 Å². The fourth-order valence-corrected chi connectivity index (χ4v) is 3.83. The summed E-state index contributed by atoms with van der Waals surface area (Å²) in [5.41, 5.74) is 4.57. The number of benzene rings is 2. The second kappa shape index (κ2) is 7.08. The van der Waals surface area contributed by atoms with Crippen molar-refractivity contribution in [3.8, 4) is 0 Å². The van der Waals surface area contributed by atoms with Gasteiger partial charge in [-0.2, -0.15) is 0 Å². The maximum atomic E-state index is 12.5. The Bertz CT molecular complexity index is 1130. The molecular formula is C21H21ClN4O. The van der Waals surface area contributed by atoms with Gasteiger partial charge < -0.3 is 14.9 Å². The topological polar surface area (TPSA) is 62.7 Å². The number of fused-ring (bicyclic) bond motifs is 2. The smallest absolute Gasteiger partial charge is 0.251 e. The van der Waals surface area contributed by atoms with E-state index in [1.807, 2.05) is 41.1 Å². The van der Waals surface area contributed by atoms with Crippen LogP contribution in [0.3, 0.4) is 0 Å². The minimum Gasteiger partial charge on any atom is -0.361 e. The molecule has 2 N–H and O–H groups in total. The number of hydrogen-bond donors (Lipinski definition) is 2. The SMILES string of the molecule is CC(C)n1c(Cl)nc2cc(C(=O)NCCc3c[nH]c4ccccc34)ccc21. The number of carbonyl (C=O) groups is 1. The van der Waals surface area contributed by atoms with Crippen LogP contribution in [0.15, 0.2) is 48.7 Å². The van der Waals surface area contributed by atoms with Gasteiger partial charge in [0.25, 0.3) is 5.91 Å². The van der Waals surface area contributed by atoms with Crippen molar-refractivity contribution in [2.24, 2.45) is 0 Å². The van der Waals surface area contributed by atoms with E-state index in [4.69, 9.17) is 11.6 Å². The first-order valence-corrected chi connectivity index (χ1v) is 9.43. The van der Waals surface area contributed by atoms with Crippen LogP contribution in [0, 0.1) is 0 Å². The third-order valence-corrected chi connectivity index (χ3v) is 5.05. The van der Waals surface area contributed by atoms with Crippen molar-refractivity contribution in [2.45, 2.75) is 26.3 Å². The second-order valence-corrected chi connectivity index (χ2v) is 7.25. The predicted molar refractivity (Wildman–Crippen MR) is 109 cm³/mol. The second-order valence-electron chi connectivity index (χ2n) is 6.91. The zero-order chi connectivity index (χ0) is 19.0. The summed E-state index contributed by atoms with van der Waals surface area (Å²) in [5.74, 6) is -0.105. The number of imidazole rings is 1. The van der Waals surface area contributed by atoms with Gasteiger partial charge in [0.05, 0.1) is 11.0 Å². The van der Waals surface area contributed by atoms with Crippen LogP contribution in [0.2, 0.25) is 5.28 Å². The minimum absolute atomic E-state index is 0.105. The molecule has 0 aliphatic rings. The molecule has 0 saturated carbocycles. The zero-order valence-electron chi connectivity index (χ0n) is 15.3. The van der Waals surface area contributed by atoms with Crippen molar-refractivity contribution in [1.82, 2.24) is 19.9 Å². The van der Waals surface area contributed by atoms with Crippen molar-refractivity contribution in [2.75, 3.05) is 6.54 Å². The lowest BCUT2D eigenvalue weighted by molar-refractivity contribution is 0.0954. The van der Waals surface area contributed by atoms with Crippen LogP contribution in [0.25, 0.3) is 21.9 Å². The van der Waals surface area contributed by atoms with E-state index in [0.717, 1.165) is 23.0 Å². The number of amides is 1. The highest BCUT2D eigenvalue weighted by Crippen LogP contribution is 2.25. The number of aromatic amines is 1. The van der Waals surface area contributed by atoms with E-state index < -0.39 is 0 Å². The average Bonchev–Trinajstić information content (AvgIpc) is 3.21. The summed E-state index contributed by atoms with van der Waals surface area (Å²) in [6.07, 6.45) is 2.77. The van der Waals surface area contributed by atoms with Crippen molar-refractivity contribution in [3.05, 3.63) is 65.1 Å². The van der Waals surface area contributed by atoms with Gasteiger partial charge in [-0.25, -0.2) is 4.98 Å². The molecule has 0 fully saturated rings. The monoisotopic (exact) mass is 380 g/mol. The number of H-pyrrole nitrogens is 1. The third-order valence-electron chi connectivity index (χ3n) is 4.78. The van der Waals surface area contributed by atoms with E-state index in [1.165, 1.54) is 10.9 Å². The highest BCUT2D eigenvalue weighted by molar-refractivity contribution is 6.29. The molecule has 0 radical (unpaired) electrons. The normalized spacial score (nSPS) is 11.6. The first-order valence-electron chi connectivity index (χ1n) is 9.05. The van der Waals surface area contributed by atoms with Gasteiger partial charge in [-0.05, 0) is 61.7 Å². The number of halogens is 1. The summed E-state index contributed by atoms with van der Waals surface area (Å²) < 4.78 is 1.95. The molecule has 1 amide bonds. The first kappa shape index (κ1) is 17.6. The fraction of sp³-hybridized carbons (Fsp3) is 0.238. The predicted octanol–water partition coefficient (Wildman–Crippen LogP) is 4.72. The highest BCUT2D eigenvalue weighted by atomic mass is 35.5. The van der Waals surface area contributed by atoms with Gasteiger partial charge >= 0.3 is 0 Å². The molecule has 0 bridgehead atoms. The van der Waals surface area contributed by atoms with Crippen molar-refractivity contribution in [1.29, 1.82) is 0 Å². The van der Waals surface area contributed by atoms with E-state index in [-0.39, 0.29) is 11.9 Å². The molecule has 138 valence electrons. The molecule has 4 rings (SSSR count). The minimum atomic E-state index is -0.105. The van der Waals surface area contributed by atoms with E-state index in [1.54, 1.807) is 6.07 Å². The van der Waals surface area contributed by atoms with Gasteiger partial charge in [-0.1, -0.05) is 18.2 Å². The molecule has 5 nitrogen and oxygen atoms in total. The quantitative estimate of drug-likeness (QED) is 0.526. The summed E-state index contributed by atoms with van der Waals surface area (Å²) in [7, 11) is 0. The van der Waals surface area contributed by atoms with Crippen LogP contribution >= 0.6 is 11.6 Å². The standard InChI is InChI=1S/C21H21ClN4O/c1-13(2)26-19-8-7-14(11-18(19)25-21(26)22)20(27)23-10-9-15-12-24-17-6-4-3-5-16(15)17/h3-8,11-13,24H,9-10H2,1-2H3,(H,23,27). The maximum absolute atomic E-state index is 12.5. The molecule has 0 saturated heterocycles. The number of para-hydroxylation sites is 1. The Kier molecular flexibility index (Phi) is 4.62. The molecule has 2 aromatic carbocycles. The fourth-order valence-electron chi connectivity index (χ4n) is 3.45. The Morgan fingerprint density at radius 3 is 2.89 bits per heavy atom. The Hall–Kier alpha value is -2.79. The Morgan fingerprint density at radius 1 is 1.26 bits per heavy atom. The number of carbonyl (C=O) groups excluding carboxylic acids is 1.